The minimum atomic E-state index is -4.57. The molecule has 0 amide bonds. The first-order valence-electron chi connectivity index (χ1n) is 6.47. The predicted molar refractivity (Wildman–Crippen MR) is 71.5 cm³/mol. The van der Waals surface area contributed by atoms with Crippen LogP contribution in [-0.4, -0.2) is 36.0 Å². The Hall–Kier alpha value is -1.05. The molecule has 1 heterocycles. The highest BCUT2D eigenvalue weighted by molar-refractivity contribution is 6.30. The van der Waals surface area contributed by atoms with Crippen LogP contribution in [0.15, 0.2) is 12.1 Å². The fourth-order valence-electron chi connectivity index (χ4n) is 1.43. The van der Waals surface area contributed by atoms with Crippen LogP contribution in [0.3, 0.4) is 0 Å². The van der Waals surface area contributed by atoms with Gasteiger partial charge in [-0.25, -0.2) is 4.98 Å². The molecule has 1 aromatic rings. The van der Waals surface area contributed by atoms with E-state index < -0.39 is 23.1 Å². The maximum atomic E-state index is 12.4. The standard InChI is InChI=1S/C13H17ClF3NO3/c1-2-3-6-20-8-9(7-19)21-10-4-5-11(13(15,16)17)18-12(10)14/h4-5,9,19H,2-3,6-8H2,1H3. The van der Waals surface area contributed by atoms with Gasteiger partial charge in [0.15, 0.2) is 10.9 Å². The third-order valence-electron chi connectivity index (χ3n) is 2.55. The van der Waals surface area contributed by atoms with Crippen molar-refractivity contribution in [3.05, 3.63) is 23.0 Å². The number of halogens is 4. The molecule has 1 unspecified atom stereocenters. The van der Waals surface area contributed by atoms with E-state index in [4.69, 9.17) is 21.1 Å². The summed E-state index contributed by atoms with van der Waals surface area (Å²) in [6.45, 7) is 2.31. The molecule has 0 aromatic carbocycles. The van der Waals surface area contributed by atoms with Crippen LogP contribution in [0.5, 0.6) is 5.75 Å². The second kappa shape index (κ2) is 8.41. The Labute approximate surface area is 125 Å². The Morgan fingerprint density at radius 2 is 2.10 bits per heavy atom. The third kappa shape index (κ3) is 6.07. The highest BCUT2D eigenvalue weighted by atomic mass is 35.5. The van der Waals surface area contributed by atoms with E-state index in [1.165, 1.54) is 0 Å². The van der Waals surface area contributed by atoms with Gasteiger partial charge in [0.05, 0.1) is 13.2 Å². The Kier molecular flexibility index (Phi) is 7.21. The normalized spacial score (nSPS) is 13.2. The van der Waals surface area contributed by atoms with Crippen molar-refractivity contribution in [2.75, 3.05) is 19.8 Å². The zero-order valence-corrected chi connectivity index (χ0v) is 12.2. The molecule has 0 saturated heterocycles. The van der Waals surface area contributed by atoms with Crippen LogP contribution in [0, 0.1) is 0 Å². The van der Waals surface area contributed by atoms with Gasteiger partial charge in [-0.3, -0.25) is 0 Å². The van der Waals surface area contributed by atoms with Gasteiger partial charge < -0.3 is 14.6 Å². The first kappa shape index (κ1) is 18.0. The van der Waals surface area contributed by atoms with Gasteiger partial charge >= 0.3 is 6.18 Å². The van der Waals surface area contributed by atoms with Crippen LogP contribution in [-0.2, 0) is 10.9 Å². The molecular weight excluding hydrogens is 311 g/mol. The molecule has 0 fully saturated rings. The van der Waals surface area contributed by atoms with Crippen LogP contribution in [0.4, 0.5) is 13.2 Å². The van der Waals surface area contributed by atoms with Gasteiger partial charge in [0.2, 0.25) is 0 Å². The van der Waals surface area contributed by atoms with Gasteiger partial charge in [-0.05, 0) is 18.6 Å². The molecule has 8 heteroatoms. The van der Waals surface area contributed by atoms with Crippen molar-refractivity contribution < 1.29 is 27.8 Å². The number of ether oxygens (including phenoxy) is 2. The molecule has 0 radical (unpaired) electrons. The quantitative estimate of drug-likeness (QED) is 0.588. The van der Waals surface area contributed by atoms with Gasteiger partial charge in [0, 0.05) is 6.61 Å². The van der Waals surface area contributed by atoms with Crippen molar-refractivity contribution in [3.8, 4) is 5.75 Å². The molecule has 21 heavy (non-hydrogen) atoms. The zero-order chi connectivity index (χ0) is 15.9. The SMILES string of the molecule is CCCCOCC(CO)Oc1ccc(C(F)(F)F)nc1Cl. The third-order valence-corrected chi connectivity index (χ3v) is 2.82. The number of aromatic nitrogens is 1. The lowest BCUT2D eigenvalue weighted by Crippen LogP contribution is -2.27. The van der Waals surface area contributed by atoms with Crippen molar-refractivity contribution in [2.45, 2.75) is 32.0 Å². The Morgan fingerprint density at radius 3 is 2.62 bits per heavy atom. The highest BCUT2D eigenvalue weighted by Gasteiger charge is 2.33. The second-order valence-electron chi connectivity index (χ2n) is 4.33. The Morgan fingerprint density at radius 1 is 1.38 bits per heavy atom. The largest absolute Gasteiger partial charge is 0.482 e. The molecule has 0 aliphatic heterocycles. The fourth-order valence-corrected chi connectivity index (χ4v) is 1.63. The van der Waals surface area contributed by atoms with Crippen molar-refractivity contribution in [1.82, 2.24) is 4.98 Å². The number of unbranched alkanes of at least 4 members (excludes halogenated alkanes) is 1. The average Bonchev–Trinajstić information content (AvgIpc) is 2.42. The number of alkyl halides is 3. The first-order valence-corrected chi connectivity index (χ1v) is 6.85. The topological polar surface area (TPSA) is 51.6 Å². The average molecular weight is 328 g/mol. The maximum absolute atomic E-state index is 12.4. The summed E-state index contributed by atoms with van der Waals surface area (Å²) >= 11 is 5.66. The zero-order valence-electron chi connectivity index (χ0n) is 11.5. The molecule has 0 spiro atoms. The number of hydrogen-bond donors (Lipinski definition) is 1. The van der Waals surface area contributed by atoms with E-state index in [9.17, 15) is 18.3 Å². The molecular formula is C13H17ClF3NO3. The summed E-state index contributed by atoms with van der Waals surface area (Å²) in [5.41, 5.74) is -1.10. The summed E-state index contributed by atoms with van der Waals surface area (Å²) in [5.74, 6) is -0.0252. The summed E-state index contributed by atoms with van der Waals surface area (Å²) in [6, 6.07) is 1.85. The van der Waals surface area contributed by atoms with Crippen LogP contribution in [0.2, 0.25) is 5.15 Å². The molecule has 0 bridgehead atoms. The van der Waals surface area contributed by atoms with Gasteiger partial charge in [-0.2, -0.15) is 13.2 Å². The molecule has 1 atom stereocenters. The number of nitrogens with zero attached hydrogens (tertiary/aromatic N) is 1. The van der Waals surface area contributed by atoms with Crippen molar-refractivity contribution in [2.24, 2.45) is 0 Å². The van der Waals surface area contributed by atoms with E-state index >= 15 is 0 Å². The van der Waals surface area contributed by atoms with Crippen LogP contribution >= 0.6 is 11.6 Å². The van der Waals surface area contributed by atoms with Crippen molar-refractivity contribution in [3.63, 3.8) is 0 Å². The fraction of sp³-hybridized carbons (Fsp3) is 0.615. The summed E-state index contributed by atoms with van der Waals surface area (Å²) < 4.78 is 47.9. The van der Waals surface area contributed by atoms with Gasteiger partial charge in [-0.1, -0.05) is 24.9 Å². The minimum absolute atomic E-state index is 0.0252. The summed E-state index contributed by atoms with van der Waals surface area (Å²) in [6.07, 6.45) is -3.43. The van der Waals surface area contributed by atoms with E-state index in [1.54, 1.807) is 0 Å². The van der Waals surface area contributed by atoms with Gasteiger partial charge in [0.1, 0.15) is 11.8 Å². The Balaban J connectivity index is 2.64. The summed E-state index contributed by atoms with van der Waals surface area (Å²) in [5, 5.41) is 8.76. The van der Waals surface area contributed by atoms with E-state index in [-0.39, 0.29) is 19.0 Å². The summed E-state index contributed by atoms with van der Waals surface area (Å²) in [4.78, 5) is 3.23. The van der Waals surface area contributed by atoms with Crippen LogP contribution < -0.4 is 4.74 Å². The molecule has 0 aliphatic rings. The van der Waals surface area contributed by atoms with E-state index in [0.29, 0.717) is 6.61 Å². The number of rotatable bonds is 8. The highest BCUT2D eigenvalue weighted by Crippen LogP contribution is 2.32. The molecule has 1 N–H and O–H groups in total. The lowest BCUT2D eigenvalue weighted by molar-refractivity contribution is -0.141. The monoisotopic (exact) mass is 327 g/mol. The minimum Gasteiger partial charge on any atom is -0.482 e. The molecule has 1 aromatic heterocycles. The van der Waals surface area contributed by atoms with Crippen molar-refractivity contribution >= 4 is 11.6 Å². The van der Waals surface area contributed by atoms with E-state index in [1.807, 2.05) is 6.92 Å². The lowest BCUT2D eigenvalue weighted by atomic mass is 10.3. The van der Waals surface area contributed by atoms with E-state index in [2.05, 4.69) is 4.98 Å². The molecule has 120 valence electrons. The van der Waals surface area contributed by atoms with Gasteiger partial charge in [-0.15, -0.1) is 0 Å². The van der Waals surface area contributed by atoms with Crippen LogP contribution in [0.1, 0.15) is 25.5 Å². The van der Waals surface area contributed by atoms with Crippen LogP contribution in [0.25, 0.3) is 0 Å². The lowest BCUT2D eigenvalue weighted by Gasteiger charge is -2.18. The number of hydrogen-bond acceptors (Lipinski definition) is 4. The second-order valence-corrected chi connectivity index (χ2v) is 4.69. The van der Waals surface area contributed by atoms with Gasteiger partial charge in [0.25, 0.3) is 0 Å². The maximum Gasteiger partial charge on any atom is 0.433 e. The number of pyridine rings is 1. The molecule has 0 aliphatic carbocycles. The Bertz CT molecular complexity index is 443. The van der Waals surface area contributed by atoms with Crippen molar-refractivity contribution in [1.29, 1.82) is 0 Å². The molecule has 0 saturated carbocycles. The smallest absolute Gasteiger partial charge is 0.433 e. The molecule has 4 nitrogen and oxygen atoms in total. The number of aliphatic hydroxyl groups is 1. The number of aliphatic hydroxyl groups excluding tert-OH is 1. The predicted octanol–water partition coefficient (Wildman–Crippen LogP) is 3.31. The first-order chi connectivity index (χ1) is 9.88. The van der Waals surface area contributed by atoms with E-state index in [0.717, 1.165) is 25.0 Å². The molecule has 1 rings (SSSR count). The summed E-state index contributed by atoms with van der Waals surface area (Å²) in [7, 11) is 0.